The van der Waals surface area contributed by atoms with Gasteiger partial charge in [-0.3, -0.25) is 4.79 Å². The third-order valence-electron chi connectivity index (χ3n) is 5.07. The van der Waals surface area contributed by atoms with E-state index in [2.05, 4.69) is 45.9 Å². The highest BCUT2D eigenvalue weighted by molar-refractivity contribution is 5.92. The molecule has 2 heterocycles. The molecule has 0 bridgehead atoms. The summed E-state index contributed by atoms with van der Waals surface area (Å²) in [6.07, 6.45) is 1.51. The van der Waals surface area contributed by atoms with Gasteiger partial charge >= 0.3 is 0 Å². The van der Waals surface area contributed by atoms with Crippen LogP contribution in [-0.4, -0.2) is 38.3 Å². The minimum atomic E-state index is 0.0299. The number of anilines is 2. The first kappa shape index (κ1) is 17.1. The van der Waals surface area contributed by atoms with Crippen LogP contribution in [-0.2, 0) is 22.5 Å². The Morgan fingerprint density at radius 3 is 2.92 bits per heavy atom. The van der Waals surface area contributed by atoms with Crippen molar-refractivity contribution in [3.8, 4) is 0 Å². The largest absolute Gasteiger partial charge is 0.378 e. The lowest BCUT2D eigenvalue weighted by Crippen LogP contribution is -2.43. The van der Waals surface area contributed by atoms with Gasteiger partial charge < -0.3 is 20.3 Å². The molecule has 0 aromatic heterocycles. The molecule has 0 aliphatic carbocycles. The van der Waals surface area contributed by atoms with Gasteiger partial charge in [-0.1, -0.05) is 36.4 Å². The number of morpholine rings is 1. The number of hydrogen-bond donors (Lipinski definition) is 2. The number of benzene rings is 2. The molecule has 2 aromatic rings. The Labute approximate surface area is 154 Å². The number of ether oxygens (including phenoxy) is 1. The van der Waals surface area contributed by atoms with Gasteiger partial charge in [0.1, 0.15) is 0 Å². The van der Waals surface area contributed by atoms with Crippen molar-refractivity contribution in [2.45, 2.75) is 25.4 Å². The summed E-state index contributed by atoms with van der Waals surface area (Å²) in [4.78, 5) is 14.8. The summed E-state index contributed by atoms with van der Waals surface area (Å²) in [5.74, 6) is 0.0299. The lowest BCUT2D eigenvalue weighted by atomic mass is 10.1. The van der Waals surface area contributed by atoms with Crippen molar-refractivity contribution in [2.24, 2.45) is 0 Å². The SMILES string of the molecule is O=C(CC1COCCN1)Nc1ccccc1CN1CCc2ccccc21. The Morgan fingerprint density at radius 1 is 1.19 bits per heavy atom. The van der Waals surface area contributed by atoms with Crippen LogP contribution >= 0.6 is 0 Å². The first-order valence-electron chi connectivity index (χ1n) is 9.31. The van der Waals surface area contributed by atoms with E-state index in [0.29, 0.717) is 13.0 Å². The van der Waals surface area contributed by atoms with Gasteiger partial charge in [0, 0.05) is 43.5 Å². The Bertz CT molecular complexity index is 771. The quantitative estimate of drug-likeness (QED) is 0.869. The van der Waals surface area contributed by atoms with Crippen LogP contribution in [0.1, 0.15) is 17.5 Å². The molecule has 2 aliphatic rings. The summed E-state index contributed by atoms with van der Waals surface area (Å²) in [5, 5.41) is 6.42. The van der Waals surface area contributed by atoms with Crippen LogP contribution in [0.4, 0.5) is 11.4 Å². The standard InChI is InChI=1S/C21H25N3O2/c25-21(13-18-15-26-12-10-22-18)23-19-7-3-1-6-17(19)14-24-11-9-16-5-2-4-8-20(16)24/h1-8,18,22H,9-15H2,(H,23,25). The summed E-state index contributed by atoms with van der Waals surface area (Å²) in [5.41, 5.74) is 4.75. The van der Waals surface area contributed by atoms with Gasteiger partial charge in [-0.2, -0.15) is 0 Å². The van der Waals surface area contributed by atoms with E-state index in [4.69, 9.17) is 4.74 Å². The number of nitrogens with one attached hydrogen (secondary N) is 2. The minimum Gasteiger partial charge on any atom is -0.378 e. The van der Waals surface area contributed by atoms with Crippen LogP contribution in [0.25, 0.3) is 0 Å². The van der Waals surface area contributed by atoms with Crippen LogP contribution in [0.15, 0.2) is 48.5 Å². The fourth-order valence-electron chi connectivity index (χ4n) is 3.73. The highest BCUT2D eigenvalue weighted by Gasteiger charge is 2.21. The monoisotopic (exact) mass is 351 g/mol. The maximum Gasteiger partial charge on any atom is 0.226 e. The van der Waals surface area contributed by atoms with Crippen molar-refractivity contribution in [3.63, 3.8) is 0 Å². The molecule has 1 unspecified atom stereocenters. The predicted octanol–water partition coefficient (Wildman–Crippen LogP) is 2.57. The van der Waals surface area contributed by atoms with E-state index in [0.717, 1.165) is 43.9 Å². The Morgan fingerprint density at radius 2 is 2.04 bits per heavy atom. The van der Waals surface area contributed by atoms with E-state index in [1.807, 2.05) is 18.2 Å². The molecule has 2 aromatic carbocycles. The van der Waals surface area contributed by atoms with Crippen LogP contribution in [0.2, 0.25) is 0 Å². The number of rotatable bonds is 5. The molecule has 26 heavy (non-hydrogen) atoms. The van der Waals surface area contributed by atoms with Crippen molar-refractivity contribution in [1.82, 2.24) is 5.32 Å². The van der Waals surface area contributed by atoms with Crippen molar-refractivity contribution in [1.29, 1.82) is 0 Å². The van der Waals surface area contributed by atoms with E-state index in [1.165, 1.54) is 11.3 Å². The van der Waals surface area contributed by atoms with Gasteiger partial charge in [0.25, 0.3) is 0 Å². The van der Waals surface area contributed by atoms with Crippen LogP contribution in [0.3, 0.4) is 0 Å². The molecular formula is C21H25N3O2. The van der Waals surface area contributed by atoms with E-state index in [9.17, 15) is 4.79 Å². The summed E-state index contributed by atoms with van der Waals surface area (Å²) >= 11 is 0. The molecular weight excluding hydrogens is 326 g/mol. The van der Waals surface area contributed by atoms with E-state index < -0.39 is 0 Å². The number of carbonyl (C=O) groups excluding carboxylic acids is 1. The molecule has 136 valence electrons. The molecule has 4 rings (SSSR count). The third-order valence-corrected chi connectivity index (χ3v) is 5.07. The van der Waals surface area contributed by atoms with Gasteiger partial charge in [0.05, 0.1) is 13.2 Å². The second-order valence-corrected chi connectivity index (χ2v) is 6.94. The van der Waals surface area contributed by atoms with Crippen LogP contribution in [0, 0.1) is 0 Å². The fraction of sp³-hybridized carbons (Fsp3) is 0.381. The van der Waals surface area contributed by atoms with Crippen LogP contribution in [0.5, 0.6) is 0 Å². The van der Waals surface area contributed by atoms with Gasteiger partial charge in [0.15, 0.2) is 0 Å². The highest BCUT2D eigenvalue weighted by Crippen LogP contribution is 2.30. The summed E-state index contributed by atoms with van der Waals surface area (Å²) in [6.45, 7) is 3.95. The molecule has 0 radical (unpaired) electrons. The second-order valence-electron chi connectivity index (χ2n) is 6.94. The van der Waals surface area contributed by atoms with Crippen LogP contribution < -0.4 is 15.5 Å². The predicted molar refractivity (Wildman–Crippen MR) is 103 cm³/mol. The van der Waals surface area contributed by atoms with E-state index in [-0.39, 0.29) is 11.9 Å². The van der Waals surface area contributed by atoms with E-state index >= 15 is 0 Å². The highest BCUT2D eigenvalue weighted by atomic mass is 16.5. The van der Waals surface area contributed by atoms with Crippen molar-refractivity contribution in [2.75, 3.05) is 36.5 Å². The second kappa shape index (κ2) is 7.89. The van der Waals surface area contributed by atoms with Gasteiger partial charge in [0.2, 0.25) is 5.91 Å². The number of fused-ring (bicyclic) bond motifs is 1. The number of nitrogens with zero attached hydrogens (tertiary/aromatic N) is 1. The number of carbonyl (C=O) groups is 1. The molecule has 2 N–H and O–H groups in total. The summed E-state index contributed by atoms with van der Waals surface area (Å²) < 4.78 is 5.43. The maximum atomic E-state index is 12.4. The summed E-state index contributed by atoms with van der Waals surface area (Å²) in [7, 11) is 0. The first-order valence-corrected chi connectivity index (χ1v) is 9.31. The average Bonchev–Trinajstić information content (AvgIpc) is 3.07. The maximum absolute atomic E-state index is 12.4. The molecule has 5 heteroatoms. The van der Waals surface area contributed by atoms with Gasteiger partial charge in [-0.05, 0) is 29.7 Å². The van der Waals surface area contributed by atoms with Gasteiger partial charge in [-0.15, -0.1) is 0 Å². The molecule has 0 spiro atoms. The fourth-order valence-corrected chi connectivity index (χ4v) is 3.73. The zero-order valence-electron chi connectivity index (χ0n) is 14.9. The zero-order chi connectivity index (χ0) is 17.8. The van der Waals surface area contributed by atoms with Crippen molar-refractivity contribution >= 4 is 17.3 Å². The molecule has 1 atom stereocenters. The molecule has 1 fully saturated rings. The molecule has 5 nitrogen and oxygen atoms in total. The van der Waals surface area contributed by atoms with E-state index in [1.54, 1.807) is 0 Å². The number of hydrogen-bond acceptors (Lipinski definition) is 4. The average molecular weight is 351 g/mol. The van der Waals surface area contributed by atoms with Crippen molar-refractivity contribution in [3.05, 3.63) is 59.7 Å². The lowest BCUT2D eigenvalue weighted by molar-refractivity contribution is -0.117. The lowest BCUT2D eigenvalue weighted by Gasteiger charge is -2.24. The summed E-state index contributed by atoms with van der Waals surface area (Å²) in [6, 6.07) is 16.7. The minimum absolute atomic E-state index is 0.0299. The molecule has 0 saturated carbocycles. The Hall–Kier alpha value is -2.37. The Kier molecular flexibility index (Phi) is 5.18. The molecule has 1 amide bonds. The normalized spacial score (nSPS) is 19.2. The van der Waals surface area contributed by atoms with Gasteiger partial charge in [-0.25, -0.2) is 0 Å². The topological polar surface area (TPSA) is 53.6 Å². The molecule has 2 aliphatic heterocycles. The zero-order valence-corrected chi connectivity index (χ0v) is 14.9. The molecule has 1 saturated heterocycles. The smallest absolute Gasteiger partial charge is 0.226 e. The van der Waals surface area contributed by atoms with Crippen molar-refractivity contribution < 1.29 is 9.53 Å². The number of para-hydroxylation sites is 2. The number of amides is 1. The first-order chi connectivity index (χ1) is 12.8. The third kappa shape index (κ3) is 3.89. The Balaban J connectivity index is 1.43.